The van der Waals surface area contributed by atoms with E-state index in [-0.39, 0.29) is 17.0 Å². The highest BCUT2D eigenvalue weighted by Gasteiger charge is 2.21. The Bertz CT molecular complexity index is 185. The predicted octanol–water partition coefficient (Wildman–Crippen LogP) is 1.69. The first-order chi connectivity index (χ1) is 4.45. The first kappa shape index (κ1) is 7.94. The standard InChI is InChI=1S/C5H7N3S.BrH/c1-2-4(1)7-5-8-6-3-9-5;/h3-4H,1-2H2,(H,7,8);1H. The molecule has 0 spiro atoms. The number of hydrogen-bond donors (Lipinski definition) is 1. The third kappa shape index (κ3) is 1.91. The molecule has 1 aromatic heterocycles. The molecule has 0 saturated heterocycles. The van der Waals surface area contributed by atoms with Crippen molar-refractivity contribution in [2.45, 2.75) is 18.9 Å². The average Bonchev–Trinajstić information content (AvgIpc) is 2.46. The summed E-state index contributed by atoms with van der Waals surface area (Å²) in [4.78, 5) is 0. The smallest absolute Gasteiger partial charge is 0.205 e. The summed E-state index contributed by atoms with van der Waals surface area (Å²) in [6.45, 7) is 0. The van der Waals surface area contributed by atoms with Gasteiger partial charge in [-0.3, -0.25) is 0 Å². The Balaban J connectivity index is 0.000000500. The monoisotopic (exact) mass is 221 g/mol. The molecule has 0 aromatic carbocycles. The van der Waals surface area contributed by atoms with Crippen LogP contribution in [0.1, 0.15) is 12.8 Å². The van der Waals surface area contributed by atoms with Crippen molar-refractivity contribution in [2.24, 2.45) is 0 Å². The molecule has 1 saturated carbocycles. The number of anilines is 1. The van der Waals surface area contributed by atoms with Gasteiger partial charge in [-0.2, -0.15) is 0 Å². The summed E-state index contributed by atoms with van der Waals surface area (Å²) in [5, 5.41) is 11.8. The Morgan fingerprint density at radius 1 is 1.60 bits per heavy atom. The van der Waals surface area contributed by atoms with Gasteiger partial charge in [0.05, 0.1) is 0 Å². The molecule has 1 aliphatic carbocycles. The maximum atomic E-state index is 3.85. The Kier molecular flexibility index (Phi) is 2.62. The topological polar surface area (TPSA) is 37.8 Å². The zero-order chi connectivity index (χ0) is 6.10. The average molecular weight is 222 g/mol. The second-order valence-corrected chi connectivity index (χ2v) is 3.00. The summed E-state index contributed by atoms with van der Waals surface area (Å²) in [6, 6.07) is 0.693. The minimum absolute atomic E-state index is 0. The molecule has 10 heavy (non-hydrogen) atoms. The van der Waals surface area contributed by atoms with Gasteiger partial charge < -0.3 is 5.32 Å². The van der Waals surface area contributed by atoms with Crippen LogP contribution in [0.15, 0.2) is 5.51 Å². The molecule has 0 atom stereocenters. The molecule has 3 nitrogen and oxygen atoms in total. The molecule has 2 rings (SSSR count). The lowest BCUT2D eigenvalue weighted by Gasteiger charge is -1.93. The normalized spacial score (nSPS) is 16.0. The van der Waals surface area contributed by atoms with E-state index in [1.54, 1.807) is 16.8 Å². The summed E-state index contributed by atoms with van der Waals surface area (Å²) in [5.74, 6) is 0. The van der Waals surface area contributed by atoms with Gasteiger partial charge in [0.15, 0.2) is 0 Å². The van der Waals surface area contributed by atoms with Gasteiger partial charge in [0.1, 0.15) is 5.51 Å². The van der Waals surface area contributed by atoms with E-state index in [0.29, 0.717) is 6.04 Å². The van der Waals surface area contributed by atoms with E-state index in [0.717, 1.165) is 5.13 Å². The minimum atomic E-state index is 0. The predicted molar refractivity (Wildman–Crippen MR) is 46.9 cm³/mol. The summed E-state index contributed by atoms with van der Waals surface area (Å²) in [5.41, 5.74) is 1.74. The lowest BCUT2D eigenvalue weighted by Crippen LogP contribution is -1.99. The molecule has 1 aliphatic rings. The number of nitrogens with zero attached hydrogens (tertiary/aromatic N) is 2. The van der Waals surface area contributed by atoms with Crippen LogP contribution in [0, 0.1) is 0 Å². The summed E-state index contributed by atoms with van der Waals surface area (Å²) in [7, 11) is 0. The number of aromatic nitrogens is 2. The molecule has 0 bridgehead atoms. The van der Waals surface area contributed by atoms with Crippen molar-refractivity contribution < 1.29 is 0 Å². The third-order valence-electron chi connectivity index (χ3n) is 1.26. The van der Waals surface area contributed by atoms with E-state index in [9.17, 15) is 0 Å². The van der Waals surface area contributed by atoms with Crippen molar-refractivity contribution >= 4 is 33.4 Å². The fourth-order valence-corrected chi connectivity index (χ4v) is 1.16. The molecule has 0 aliphatic heterocycles. The third-order valence-corrected chi connectivity index (χ3v) is 1.89. The second-order valence-electron chi connectivity index (χ2n) is 2.16. The Morgan fingerprint density at radius 3 is 2.90 bits per heavy atom. The zero-order valence-electron chi connectivity index (χ0n) is 5.28. The maximum absolute atomic E-state index is 3.85. The molecular formula is C5H8BrN3S. The molecular weight excluding hydrogens is 214 g/mol. The van der Waals surface area contributed by atoms with Crippen LogP contribution in [0.4, 0.5) is 5.13 Å². The largest absolute Gasteiger partial charge is 0.357 e. The molecule has 1 aromatic rings. The summed E-state index contributed by atoms with van der Waals surface area (Å²) in [6.07, 6.45) is 2.58. The highest BCUT2D eigenvalue weighted by atomic mass is 79.9. The van der Waals surface area contributed by atoms with E-state index in [1.807, 2.05) is 0 Å². The zero-order valence-corrected chi connectivity index (χ0v) is 7.81. The van der Waals surface area contributed by atoms with E-state index < -0.39 is 0 Å². The molecule has 0 unspecified atom stereocenters. The molecule has 1 fully saturated rings. The van der Waals surface area contributed by atoms with Crippen molar-refractivity contribution in [3.8, 4) is 0 Å². The van der Waals surface area contributed by atoms with Gasteiger partial charge in [-0.15, -0.1) is 27.2 Å². The van der Waals surface area contributed by atoms with Gasteiger partial charge in [-0.1, -0.05) is 11.3 Å². The molecule has 0 amide bonds. The van der Waals surface area contributed by atoms with Gasteiger partial charge in [-0.25, -0.2) is 0 Å². The molecule has 1 N–H and O–H groups in total. The van der Waals surface area contributed by atoms with E-state index in [1.165, 1.54) is 12.8 Å². The number of nitrogens with one attached hydrogen (secondary N) is 1. The quantitative estimate of drug-likeness (QED) is 0.827. The first-order valence-corrected chi connectivity index (χ1v) is 3.86. The van der Waals surface area contributed by atoms with E-state index in [4.69, 9.17) is 0 Å². The van der Waals surface area contributed by atoms with Crippen LogP contribution < -0.4 is 5.32 Å². The van der Waals surface area contributed by atoms with Crippen molar-refractivity contribution in [1.29, 1.82) is 0 Å². The van der Waals surface area contributed by atoms with E-state index in [2.05, 4.69) is 15.5 Å². The van der Waals surface area contributed by atoms with Crippen LogP contribution in [0.2, 0.25) is 0 Å². The van der Waals surface area contributed by atoms with Crippen LogP contribution in [0.25, 0.3) is 0 Å². The maximum Gasteiger partial charge on any atom is 0.205 e. The number of rotatable bonds is 2. The Morgan fingerprint density at radius 2 is 2.40 bits per heavy atom. The molecule has 1 heterocycles. The summed E-state index contributed by atoms with van der Waals surface area (Å²) >= 11 is 1.56. The van der Waals surface area contributed by atoms with Gasteiger partial charge in [0.2, 0.25) is 5.13 Å². The van der Waals surface area contributed by atoms with Crippen LogP contribution in [-0.2, 0) is 0 Å². The highest BCUT2D eigenvalue weighted by Crippen LogP contribution is 2.24. The van der Waals surface area contributed by atoms with Gasteiger partial charge >= 0.3 is 0 Å². The second kappa shape index (κ2) is 3.30. The molecule has 0 radical (unpaired) electrons. The lowest BCUT2D eigenvalue weighted by atomic mass is 10.7. The summed E-state index contributed by atoms with van der Waals surface area (Å²) < 4.78 is 0. The highest BCUT2D eigenvalue weighted by molar-refractivity contribution is 8.93. The van der Waals surface area contributed by atoms with Crippen molar-refractivity contribution in [3.05, 3.63) is 5.51 Å². The van der Waals surface area contributed by atoms with Gasteiger partial charge in [0, 0.05) is 6.04 Å². The van der Waals surface area contributed by atoms with Crippen LogP contribution in [0.3, 0.4) is 0 Å². The SMILES string of the molecule is Br.c1nnc(NC2CC2)s1. The van der Waals surface area contributed by atoms with Gasteiger partial charge in [-0.05, 0) is 12.8 Å². The molecule has 5 heteroatoms. The fraction of sp³-hybridized carbons (Fsp3) is 0.600. The minimum Gasteiger partial charge on any atom is -0.357 e. The van der Waals surface area contributed by atoms with Crippen LogP contribution >= 0.6 is 28.3 Å². The van der Waals surface area contributed by atoms with Crippen LogP contribution in [-0.4, -0.2) is 16.2 Å². The van der Waals surface area contributed by atoms with Crippen molar-refractivity contribution in [1.82, 2.24) is 10.2 Å². The van der Waals surface area contributed by atoms with Crippen molar-refractivity contribution in [2.75, 3.05) is 5.32 Å². The Labute approximate surface area is 73.6 Å². The lowest BCUT2D eigenvalue weighted by molar-refractivity contribution is 1.05. The van der Waals surface area contributed by atoms with Crippen LogP contribution in [0.5, 0.6) is 0 Å². The number of hydrogen-bond acceptors (Lipinski definition) is 4. The molecule has 56 valence electrons. The van der Waals surface area contributed by atoms with Crippen molar-refractivity contribution in [3.63, 3.8) is 0 Å². The number of halogens is 1. The first-order valence-electron chi connectivity index (χ1n) is 2.98. The Hall–Kier alpha value is -0.160. The van der Waals surface area contributed by atoms with E-state index >= 15 is 0 Å². The van der Waals surface area contributed by atoms with Gasteiger partial charge in [0.25, 0.3) is 0 Å². The fourth-order valence-electron chi connectivity index (χ4n) is 0.638.